The van der Waals surface area contributed by atoms with Gasteiger partial charge in [-0.1, -0.05) is 0 Å². The minimum Gasteiger partial charge on any atom is -0.495 e. The molecular weight excluding hydrogens is 304 g/mol. The van der Waals surface area contributed by atoms with E-state index < -0.39 is 0 Å². The summed E-state index contributed by atoms with van der Waals surface area (Å²) in [5, 5.41) is 3.94. The van der Waals surface area contributed by atoms with Crippen molar-refractivity contribution in [3.05, 3.63) is 48.7 Å². The van der Waals surface area contributed by atoms with Crippen LogP contribution >= 0.6 is 0 Å². The van der Waals surface area contributed by atoms with Crippen LogP contribution in [0.25, 0.3) is 10.9 Å². The van der Waals surface area contributed by atoms with E-state index >= 15 is 0 Å². The first-order valence-corrected chi connectivity index (χ1v) is 7.98. The molecule has 0 bridgehead atoms. The number of benzene rings is 1. The van der Waals surface area contributed by atoms with Crippen LogP contribution in [0.5, 0.6) is 5.75 Å². The van der Waals surface area contributed by atoms with Crippen LogP contribution in [0.3, 0.4) is 0 Å². The van der Waals surface area contributed by atoms with Gasteiger partial charge >= 0.3 is 0 Å². The van der Waals surface area contributed by atoms with Crippen molar-refractivity contribution >= 4 is 22.5 Å². The monoisotopic (exact) mass is 322 g/mol. The Bertz CT molecular complexity index is 903. The summed E-state index contributed by atoms with van der Waals surface area (Å²) in [4.78, 5) is 21.3. The second-order valence-electron chi connectivity index (χ2n) is 5.98. The number of nitrogens with zero attached hydrogens (tertiary/aromatic N) is 3. The van der Waals surface area contributed by atoms with Gasteiger partial charge in [-0.25, -0.2) is 4.98 Å². The van der Waals surface area contributed by atoms with E-state index in [9.17, 15) is 4.79 Å². The molecule has 1 aliphatic rings. The van der Waals surface area contributed by atoms with E-state index in [1.54, 1.807) is 19.6 Å². The summed E-state index contributed by atoms with van der Waals surface area (Å²) in [6.45, 7) is 0.659. The van der Waals surface area contributed by atoms with Crippen molar-refractivity contribution in [1.29, 1.82) is 0 Å². The van der Waals surface area contributed by atoms with Crippen molar-refractivity contribution in [2.24, 2.45) is 5.92 Å². The van der Waals surface area contributed by atoms with Gasteiger partial charge < -0.3 is 14.6 Å². The quantitative estimate of drug-likeness (QED) is 0.805. The highest BCUT2D eigenvalue weighted by molar-refractivity contribution is 6.04. The molecule has 2 aromatic heterocycles. The molecule has 0 saturated carbocycles. The van der Waals surface area contributed by atoms with E-state index in [4.69, 9.17) is 4.74 Å². The largest absolute Gasteiger partial charge is 0.495 e. The number of carbonyl (C=O) groups excluding carboxylic acids is 1. The van der Waals surface area contributed by atoms with Gasteiger partial charge in [0, 0.05) is 30.0 Å². The van der Waals surface area contributed by atoms with Crippen LogP contribution in [-0.4, -0.2) is 27.6 Å². The van der Waals surface area contributed by atoms with E-state index in [0.29, 0.717) is 18.0 Å². The molecular formula is C18H18N4O2. The van der Waals surface area contributed by atoms with Gasteiger partial charge in [0.1, 0.15) is 5.75 Å². The van der Waals surface area contributed by atoms with Crippen LogP contribution in [0.4, 0.5) is 5.69 Å². The van der Waals surface area contributed by atoms with Gasteiger partial charge in [-0.2, -0.15) is 0 Å². The van der Waals surface area contributed by atoms with Crippen molar-refractivity contribution < 1.29 is 9.53 Å². The maximum Gasteiger partial charge on any atom is 0.229 e. The minimum absolute atomic E-state index is 0.00371. The lowest BCUT2D eigenvalue weighted by atomic mass is 9.97. The van der Waals surface area contributed by atoms with Crippen LogP contribution in [0.1, 0.15) is 12.1 Å². The standard InChI is InChI=1S/C18H18N4O2/c1-24-16-7-6-15-14(3-2-8-20-15)17(16)21-18(23)12-4-5-13-9-19-11-22(13)10-12/h2-3,6-9,11-12H,4-5,10H2,1H3,(H,21,23). The molecule has 1 amide bonds. The Balaban J connectivity index is 1.63. The summed E-state index contributed by atoms with van der Waals surface area (Å²) in [5.74, 6) is 0.565. The average molecular weight is 322 g/mol. The Labute approximate surface area is 139 Å². The summed E-state index contributed by atoms with van der Waals surface area (Å²) in [7, 11) is 1.60. The lowest BCUT2D eigenvalue weighted by Gasteiger charge is -2.24. The second kappa shape index (κ2) is 5.96. The number of hydrogen-bond acceptors (Lipinski definition) is 4. The summed E-state index contributed by atoms with van der Waals surface area (Å²) >= 11 is 0. The van der Waals surface area contributed by atoms with Crippen molar-refractivity contribution in [2.75, 3.05) is 12.4 Å². The molecule has 4 rings (SSSR count). The number of rotatable bonds is 3. The number of carbonyl (C=O) groups is 1. The molecule has 1 atom stereocenters. The number of nitrogens with one attached hydrogen (secondary N) is 1. The number of ether oxygens (including phenoxy) is 1. The zero-order valence-electron chi connectivity index (χ0n) is 13.4. The Morgan fingerprint density at radius 3 is 3.17 bits per heavy atom. The molecule has 1 aliphatic heterocycles. The number of aryl methyl sites for hydroxylation is 1. The van der Waals surface area contributed by atoms with Gasteiger partial charge in [-0.3, -0.25) is 9.78 Å². The molecule has 24 heavy (non-hydrogen) atoms. The van der Waals surface area contributed by atoms with Crippen molar-refractivity contribution in [1.82, 2.24) is 14.5 Å². The van der Waals surface area contributed by atoms with E-state index in [1.807, 2.05) is 30.5 Å². The summed E-state index contributed by atoms with van der Waals surface area (Å²) in [6, 6.07) is 7.52. The number of aromatic nitrogens is 3. The maximum absolute atomic E-state index is 12.8. The van der Waals surface area contributed by atoms with E-state index in [2.05, 4.69) is 19.9 Å². The highest BCUT2D eigenvalue weighted by Crippen LogP contribution is 2.33. The van der Waals surface area contributed by atoms with Crippen LogP contribution in [0, 0.1) is 5.92 Å². The molecule has 1 unspecified atom stereocenters. The average Bonchev–Trinajstić information content (AvgIpc) is 3.09. The zero-order chi connectivity index (χ0) is 16.5. The number of fused-ring (bicyclic) bond motifs is 2. The molecule has 0 fully saturated rings. The fraction of sp³-hybridized carbons (Fsp3) is 0.278. The van der Waals surface area contributed by atoms with E-state index in [1.165, 1.54) is 5.69 Å². The normalized spacial score (nSPS) is 16.6. The first-order valence-electron chi connectivity index (χ1n) is 7.98. The van der Waals surface area contributed by atoms with Crippen molar-refractivity contribution in [3.8, 4) is 5.75 Å². The fourth-order valence-corrected chi connectivity index (χ4v) is 3.24. The molecule has 0 spiro atoms. The van der Waals surface area contributed by atoms with Crippen LogP contribution in [-0.2, 0) is 17.8 Å². The van der Waals surface area contributed by atoms with Gasteiger partial charge in [-0.15, -0.1) is 0 Å². The van der Waals surface area contributed by atoms with Crippen LogP contribution < -0.4 is 10.1 Å². The molecule has 0 aliphatic carbocycles. The third-order valence-electron chi connectivity index (χ3n) is 4.55. The van der Waals surface area contributed by atoms with Gasteiger partial charge in [-0.05, 0) is 37.1 Å². The van der Waals surface area contributed by atoms with Crippen LogP contribution in [0.15, 0.2) is 43.0 Å². The summed E-state index contributed by atoms with van der Waals surface area (Å²) < 4.78 is 7.48. The number of amides is 1. The van der Waals surface area contributed by atoms with Crippen molar-refractivity contribution in [2.45, 2.75) is 19.4 Å². The number of anilines is 1. The maximum atomic E-state index is 12.8. The molecule has 3 aromatic rings. The Morgan fingerprint density at radius 1 is 1.38 bits per heavy atom. The Kier molecular flexibility index (Phi) is 3.65. The molecule has 0 saturated heterocycles. The molecule has 3 heterocycles. The number of imidazole rings is 1. The van der Waals surface area contributed by atoms with Gasteiger partial charge in [0.2, 0.25) is 5.91 Å². The highest BCUT2D eigenvalue weighted by atomic mass is 16.5. The van der Waals surface area contributed by atoms with Gasteiger partial charge in [0.05, 0.1) is 30.6 Å². The molecule has 6 nitrogen and oxygen atoms in total. The number of methoxy groups -OCH3 is 1. The first-order chi connectivity index (χ1) is 11.8. The SMILES string of the molecule is COc1ccc2ncccc2c1NC(=O)C1CCc2cncn2C1. The smallest absolute Gasteiger partial charge is 0.229 e. The predicted octanol–water partition coefficient (Wildman–Crippen LogP) is 2.64. The van der Waals surface area contributed by atoms with Crippen LogP contribution in [0.2, 0.25) is 0 Å². The highest BCUT2D eigenvalue weighted by Gasteiger charge is 2.25. The third-order valence-corrected chi connectivity index (χ3v) is 4.55. The predicted molar refractivity (Wildman–Crippen MR) is 91.0 cm³/mol. The third kappa shape index (κ3) is 2.50. The van der Waals surface area contributed by atoms with E-state index in [0.717, 1.165) is 23.7 Å². The second-order valence-corrected chi connectivity index (χ2v) is 5.98. The number of hydrogen-bond donors (Lipinski definition) is 1. The fourth-order valence-electron chi connectivity index (χ4n) is 3.24. The summed E-state index contributed by atoms with van der Waals surface area (Å²) in [6.07, 6.45) is 7.09. The zero-order valence-corrected chi connectivity index (χ0v) is 13.4. The Morgan fingerprint density at radius 2 is 2.29 bits per heavy atom. The first kappa shape index (κ1) is 14.7. The molecule has 122 valence electrons. The Hall–Kier alpha value is -2.89. The molecule has 1 N–H and O–H groups in total. The lowest BCUT2D eigenvalue weighted by molar-refractivity contribution is -0.120. The summed E-state index contributed by atoms with van der Waals surface area (Å²) in [5.41, 5.74) is 2.70. The number of pyridine rings is 1. The molecule has 6 heteroatoms. The van der Waals surface area contributed by atoms with Crippen molar-refractivity contribution in [3.63, 3.8) is 0 Å². The molecule has 0 radical (unpaired) electrons. The molecule has 1 aromatic carbocycles. The van der Waals surface area contributed by atoms with E-state index in [-0.39, 0.29) is 11.8 Å². The lowest BCUT2D eigenvalue weighted by Crippen LogP contribution is -2.31. The van der Waals surface area contributed by atoms with Gasteiger partial charge in [0.15, 0.2) is 0 Å². The van der Waals surface area contributed by atoms with Gasteiger partial charge in [0.25, 0.3) is 0 Å². The topological polar surface area (TPSA) is 69.0 Å². The minimum atomic E-state index is -0.0802.